The van der Waals surface area contributed by atoms with E-state index < -0.39 is 11.0 Å². The van der Waals surface area contributed by atoms with Crippen molar-refractivity contribution in [2.75, 3.05) is 31.6 Å². The Morgan fingerprint density at radius 3 is 3.00 bits per heavy atom. The van der Waals surface area contributed by atoms with Gasteiger partial charge in [-0.25, -0.2) is 0 Å². The van der Waals surface area contributed by atoms with Crippen LogP contribution in [0.2, 0.25) is 5.02 Å². The van der Waals surface area contributed by atoms with Crippen molar-refractivity contribution in [3.63, 3.8) is 0 Å². The summed E-state index contributed by atoms with van der Waals surface area (Å²) in [5, 5.41) is 17.2. The Morgan fingerprint density at radius 1 is 1.60 bits per heavy atom. The molecule has 1 aromatic carbocycles. The van der Waals surface area contributed by atoms with Gasteiger partial charge in [0.2, 0.25) is 5.91 Å². The average Bonchev–Trinajstić information content (AvgIpc) is 2.46. The number of carbonyl (C=O) groups is 1. The summed E-state index contributed by atoms with van der Waals surface area (Å²) in [5.41, 5.74) is 0.322. The van der Waals surface area contributed by atoms with E-state index in [2.05, 4.69) is 10.6 Å². The maximum Gasteiger partial charge on any atom is 0.292 e. The molecule has 1 aliphatic rings. The van der Waals surface area contributed by atoms with Crippen molar-refractivity contribution in [2.24, 2.45) is 0 Å². The molecule has 1 aromatic rings. The highest BCUT2D eigenvalue weighted by Gasteiger charge is 2.32. The number of nitro benzene ring substituents is 1. The van der Waals surface area contributed by atoms with Gasteiger partial charge in [0.1, 0.15) is 11.7 Å². The number of hydrogen-bond acceptors (Lipinski definition) is 5. The van der Waals surface area contributed by atoms with Crippen molar-refractivity contribution < 1.29 is 9.72 Å². The zero-order valence-electron chi connectivity index (χ0n) is 10.9. The molecule has 1 aliphatic heterocycles. The fourth-order valence-corrected chi connectivity index (χ4v) is 2.44. The van der Waals surface area contributed by atoms with Crippen LogP contribution in [0.3, 0.4) is 0 Å². The largest absolute Gasteiger partial charge is 0.357 e. The first kappa shape index (κ1) is 14.5. The normalized spacial score (nSPS) is 18.7. The fraction of sp³-hybridized carbons (Fsp3) is 0.417. The molecule has 0 saturated carbocycles. The zero-order chi connectivity index (χ0) is 14.7. The number of anilines is 1. The van der Waals surface area contributed by atoms with Gasteiger partial charge >= 0.3 is 0 Å². The molecule has 8 heteroatoms. The van der Waals surface area contributed by atoms with Gasteiger partial charge in [0.25, 0.3) is 5.69 Å². The standard InChI is InChI=1S/C12H15ClN4O3/c1-14-12(18)11-7-15-4-5-16(11)10-6-8(13)2-3-9(10)17(19)20/h2-3,6,11,15H,4-5,7H2,1H3,(H,14,18). The molecule has 0 spiro atoms. The lowest BCUT2D eigenvalue weighted by atomic mass is 10.1. The van der Waals surface area contributed by atoms with E-state index in [-0.39, 0.29) is 11.6 Å². The number of hydrogen-bond donors (Lipinski definition) is 2. The second-order valence-corrected chi connectivity index (χ2v) is 4.85. The second-order valence-electron chi connectivity index (χ2n) is 4.42. The summed E-state index contributed by atoms with van der Waals surface area (Å²) in [6.07, 6.45) is 0. The molecule has 1 saturated heterocycles. The van der Waals surface area contributed by atoms with E-state index in [1.807, 2.05) is 0 Å². The van der Waals surface area contributed by atoms with Crippen LogP contribution in [-0.2, 0) is 4.79 Å². The molecule has 0 radical (unpaired) electrons. The molecule has 1 amide bonds. The average molecular weight is 299 g/mol. The van der Waals surface area contributed by atoms with Crippen LogP contribution in [0.1, 0.15) is 0 Å². The van der Waals surface area contributed by atoms with Crippen LogP contribution in [0.4, 0.5) is 11.4 Å². The van der Waals surface area contributed by atoms with Gasteiger partial charge in [-0.05, 0) is 12.1 Å². The minimum absolute atomic E-state index is 0.0507. The maximum atomic E-state index is 11.9. The van der Waals surface area contributed by atoms with Crippen molar-refractivity contribution in [3.8, 4) is 0 Å². The predicted molar refractivity (Wildman–Crippen MR) is 76.2 cm³/mol. The SMILES string of the molecule is CNC(=O)C1CNCCN1c1cc(Cl)ccc1[N+](=O)[O-]. The highest BCUT2D eigenvalue weighted by atomic mass is 35.5. The first-order valence-electron chi connectivity index (χ1n) is 6.17. The molecule has 0 bridgehead atoms. The number of likely N-dealkylation sites (N-methyl/N-ethyl adjacent to an activating group) is 1. The van der Waals surface area contributed by atoms with E-state index in [9.17, 15) is 14.9 Å². The van der Waals surface area contributed by atoms with Gasteiger partial charge in [-0.15, -0.1) is 0 Å². The monoisotopic (exact) mass is 298 g/mol. The Balaban J connectivity index is 2.44. The summed E-state index contributed by atoms with van der Waals surface area (Å²) >= 11 is 5.94. The number of piperazine rings is 1. The van der Waals surface area contributed by atoms with Crippen LogP contribution < -0.4 is 15.5 Å². The van der Waals surface area contributed by atoms with Gasteiger partial charge in [-0.3, -0.25) is 14.9 Å². The van der Waals surface area contributed by atoms with Gasteiger partial charge < -0.3 is 15.5 Å². The number of nitro groups is 1. The third-order valence-electron chi connectivity index (χ3n) is 3.24. The third kappa shape index (κ3) is 2.83. The van der Waals surface area contributed by atoms with Crippen molar-refractivity contribution in [2.45, 2.75) is 6.04 Å². The second kappa shape index (κ2) is 6.06. The molecule has 1 fully saturated rings. The van der Waals surface area contributed by atoms with Gasteiger partial charge in [0.05, 0.1) is 4.92 Å². The lowest BCUT2D eigenvalue weighted by Gasteiger charge is -2.36. The number of nitrogens with zero attached hydrogens (tertiary/aromatic N) is 2. The van der Waals surface area contributed by atoms with Crippen LogP contribution in [0.5, 0.6) is 0 Å². The minimum Gasteiger partial charge on any atom is -0.357 e. The van der Waals surface area contributed by atoms with Crippen molar-refractivity contribution in [1.82, 2.24) is 10.6 Å². The van der Waals surface area contributed by atoms with E-state index in [0.717, 1.165) is 0 Å². The first-order chi connectivity index (χ1) is 9.54. The van der Waals surface area contributed by atoms with Gasteiger partial charge in [0.15, 0.2) is 0 Å². The molecule has 2 rings (SSSR count). The third-order valence-corrected chi connectivity index (χ3v) is 3.47. The molecule has 0 aromatic heterocycles. The highest BCUT2D eigenvalue weighted by molar-refractivity contribution is 6.31. The molecule has 108 valence electrons. The summed E-state index contributed by atoms with van der Waals surface area (Å²) in [6, 6.07) is 3.87. The number of halogens is 1. The van der Waals surface area contributed by atoms with Gasteiger partial charge in [-0.2, -0.15) is 0 Å². The van der Waals surface area contributed by atoms with Crippen LogP contribution in [0.25, 0.3) is 0 Å². The summed E-state index contributed by atoms with van der Waals surface area (Å²) in [6.45, 7) is 1.58. The smallest absolute Gasteiger partial charge is 0.292 e. The van der Waals surface area contributed by atoms with E-state index in [4.69, 9.17) is 11.6 Å². The van der Waals surface area contributed by atoms with Crippen LogP contribution in [0.15, 0.2) is 18.2 Å². The Hall–Kier alpha value is -1.86. The fourth-order valence-electron chi connectivity index (χ4n) is 2.27. The van der Waals surface area contributed by atoms with Crippen LogP contribution in [-0.4, -0.2) is 43.6 Å². The number of amides is 1. The Morgan fingerprint density at radius 2 is 2.35 bits per heavy atom. The summed E-state index contributed by atoms with van der Waals surface area (Å²) < 4.78 is 0. The lowest BCUT2D eigenvalue weighted by molar-refractivity contribution is -0.384. The van der Waals surface area contributed by atoms with Gasteiger partial charge in [-0.1, -0.05) is 11.6 Å². The Kier molecular flexibility index (Phi) is 4.41. The molecular formula is C12H15ClN4O3. The molecule has 1 unspecified atom stereocenters. The van der Waals surface area contributed by atoms with E-state index in [0.29, 0.717) is 30.3 Å². The van der Waals surface area contributed by atoms with Crippen LogP contribution >= 0.6 is 11.6 Å². The topological polar surface area (TPSA) is 87.5 Å². The molecular weight excluding hydrogens is 284 g/mol. The number of carbonyl (C=O) groups excluding carboxylic acids is 1. The molecule has 7 nitrogen and oxygen atoms in total. The minimum atomic E-state index is -0.495. The molecule has 2 N–H and O–H groups in total. The predicted octanol–water partition coefficient (Wildman–Crippen LogP) is 0.772. The summed E-state index contributed by atoms with van der Waals surface area (Å²) in [5.74, 6) is -0.188. The molecule has 1 atom stereocenters. The highest BCUT2D eigenvalue weighted by Crippen LogP contribution is 2.32. The maximum absolute atomic E-state index is 11.9. The Labute approximate surface area is 121 Å². The molecule has 0 aliphatic carbocycles. The molecule has 20 heavy (non-hydrogen) atoms. The quantitative estimate of drug-likeness (QED) is 0.636. The Bertz CT molecular complexity index is 537. The van der Waals surface area contributed by atoms with E-state index in [1.54, 1.807) is 11.9 Å². The van der Waals surface area contributed by atoms with Crippen molar-refractivity contribution in [3.05, 3.63) is 33.3 Å². The first-order valence-corrected chi connectivity index (χ1v) is 6.55. The number of benzene rings is 1. The van der Waals surface area contributed by atoms with Crippen molar-refractivity contribution >= 4 is 28.9 Å². The van der Waals surface area contributed by atoms with Gasteiger partial charge in [0, 0.05) is 37.8 Å². The van der Waals surface area contributed by atoms with E-state index in [1.165, 1.54) is 18.2 Å². The lowest BCUT2D eigenvalue weighted by Crippen LogP contribution is -2.57. The zero-order valence-corrected chi connectivity index (χ0v) is 11.7. The van der Waals surface area contributed by atoms with Crippen LogP contribution in [0, 0.1) is 10.1 Å². The summed E-state index contributed by atoms with van der Waals surface area (Å²) in [4.78, 5) is 24.3. The number of rotatable bonds is 3. The number of nitrogens with one attached hydrogen (secondary N) is 2. The van der Waals surface area contributed by atoms with E-state index >= 15 is 0 Å². The summed E-state index contributed by atoms with van der Waals surface area (Å²) in [7, 11) is 1.54. The molecule has 1 heterocycles. The van der Waals surface area contributed by atoms with Crippen molar-refractivity contribution in [1.29, 1.82) is 0 Å².